The van der Waals surface area contributed by atoms with Crippen molar-refractivity contribution in [2.75, 3.05) is 25.0 Å². The van der Waals surface area contributed by atoms with Gasteiger partial charge in [-0.15, -0.1) is 12.4 Å². The van der Waals surface area contributed by atoms with Crippen molar-refractivity contribution in [2.24, 2.45) is 5.73 Å². The molecule has 0 radical (unpaired) electrons. The van der Waals surface area contributed by atoms with E-state index >= 15 is 0 Å². The fourth-order valence-electron chi connectivity index (χ4n) is 4.81. The quantitative estimate of drug-likeness (QED) is 0.301. The van der Waals surface area contributed by atoms with Gasteiger partial charge in [-0.25, -0.2) is 0 Å². The summed E-state index contributed by atoms with van der Waals surface area (Å²) < 4.78 is 0. The van der Waals surface area contributed by atoms with Crippen LogP contribution in [0.25, 0.3) is 0 Å². The number of carbonyl (C=O) groups excluding carboxylic acids is 3. The van der Waals surface area contributed by atoms with E-state index in [9.17, 15) is 14.4 Å². The van der Waals surface area contributed by atoms with Gasteiger partial charge < -0.3 is 16.0 Å². The first kappa shape index (κ1) is 28.1. The van der Waals surface area contributed by atoms with Crippen LogP contribution in [0.4, 0.5) is 5.69 Å². The van der Waals surface area contributed by atoms with Crippen LogP contribution in [-0.4, -0.2) is 48.3 Å². The van der Waals surface area contributed by atoms with E-state index in [0.717, 1.165) is 57.4 Å². The van der Waals surface area contributed by atoms with Crippen LogP contribution in [0.2, 0.25) is 0 Å². The summed E-state index contributed by atoms with van der Waals surface area (Å²) in [7, 11) is 0. The Kier molecular flexibility index (Phi) is 12.4. The van der Waals surface area contributed by atoms with Gasteiger partial charge in [0.2, 0.25) is 17.7 Å². The Morgan fingerprint density at radius 2 is 1.56 bits per heavy atom. The molecule has 2 fully saturated rings. The number of imide groups is 1. The number of anilines is 1. The van der Waals surface area contributed by atoms with Crippen molar-refractivity contribution in [3.05, 3.63) is 29.8 Å². The molecule has 0 aromatic heterocycles. The third kappa shape index (κ3) is 8.91. The first-order valence-electron chi connectivity index (χ1n) is 12.7. The largest absolute Gasteiger partial charge is 0.374 e. The van der Waals surface area contributed by atoms with Crippen LogP contribution < -0.4 is 16.4 Å². The van der Waals surface area contributed by atoms with Crippen molar-refractivity contribution in [3.63, 3.8) is 0 Å². The molecule has 1 aromatic rings. The maximum Gasteiger partial charge on any atom is 0.249 e. The highest BCUT2D eigenvalue weighted by Crippen LogP contribution is 2.29. The van der Waals surface area contributed by atoms with Crippen LogP contribution in [0.3, 0.4) is 0 Å². The molecule has 34 heavy (non-hydrogen) atoms. The predicted octanol–water partition coefficient (Wildman–Crippen LogP) is 4.11. The maximum atomic E-state index is 12.5. The number of amides is 3. The van der Waals surface area contributed by atoms with Gasteiger partial charge in [0.1, 0.15) is 6.04 Å². The Hall–Kier alpha value is -2.12. The number of halogens is 1. The first-order valence-corrected chi connectivity index (χ1v) is 12.7. The summed E-state index contributed by atoms with van der Waals surface area (Å²) in [4.78, 5) is 37.8. The SMILES string of the molecule is Cl.NCCCCCCCCCC(=O)N1CCC(c2ccc(NC3CCC(=O)NC3=O)cc2)CC1. The number of nitrogens with two attached hydrogens (primary N) is 1. The standard InChI is InChI=1S/C26H40N4O3.ClH/c27-17-7-5-3-1-2-4-6-8-25(32)30-18-15-21(16-19-30)20-9-11-22(12-10-20)28-23-13-14-24(31)29-26(23)33;/h9-12,21,23,28H,1-8,13-19,27H2,(H,29,31,33);1H. The highest BCUT2D eigenvalue weighted by Gasteiger charge is 2.27. The fourth-order valence-corrected chi connectivity index (χ4v) is 4.81. The molecule has 8 heteroatoms. The topological polar surface area (TPSA) is 105 Å². The van der Waals surface area contributed by atoms with Crippen LogP contribution in [0.15, 0.2) is 24.3 Å². The van der Waals surface area contributed by atoms with Gasteiger partial charge in [0, 0.05) is 31.6 Å². The van der Waals surface area contributed by atoms with E-state index in [2.05, 4.69) is 22.8 Å². The van der Waals surface area contributed by atoms with Crippen molar-refractivity contribution >= 4 is 35.8 Å². The fraction of sp³-hybridized carbons (Fsp3) is 0.654. The Balaban J connectivity index is 0.00000408. The normalized spacial score (nSPS) is 18.9. The van der Waals surface area contributed by atoms with Gasteiger partial charge in [-0.05, 0) is 62.3 Å². The lowest BCUT2D eigenvalue weighted by atomic mass is 9.89. The molecule has 7 nitrogen and oxygen atoms in total. The molecule has 2 aliphatic heterocycles. The molecule has 1 atom stereocenters. The Morgan fingerprint density at radius 1 is 0.941 bits per heavy atom. The Labute approximate surface area is 210 Å². The van der Waals surface area contributed by atoms with Crippen molar-refractivity contribution < 1.29 is 14.4 Å². The first-order chi connectivity index (χ1) is 16.1. The van der Waals surface area contributed by atoms with Gasteiger partial charge in [0.15, 0.2) is 0 Å². The maximum absolute atomic E-state index is 12.5. The molecule has 1 aromatic carbocycles. The van der Waals surface area contributed by atoms with Gasteiger partial charge >= 0.3 is 0 Å². The minimum absolute atomic E-state index is 0. The zero-order valence-corrected chi connectivity index (χ0v) is 21.0. The lowest BCUT2D eigenvalue weighted by Gasteiger charge is -2.32. The van der Waals surface area contributed by atoms with Crippen LogP contribution in [0.1, 0.15) is 88.5 Å². The van der Waals surface area contributed by atoms with Gasteiger partial charge in [-0.2, -0.15) is 0 Å². The summed E-state index contributed by atoms with van der Waals surface area (Å²) in [5.74, 6) is 0.315. The van der Waals surface area contributed by atoms with Gasteiger partial charge in [-0.1, -0.05) is 44.2 Å². The predicted molar refractivity (Wildman–Crippen MR) is 138 cm³/mol. The number of benzene rings is 1. The second-order valence-electron chi connectivity index (χ2n) is 9.44. The molecule has 0 saturated carbocycles. The molecule has 2 saturated heterocycles. The third-order valence-corrected chi connectivity index (χ3v) is 6.90. The van der Waals surface area contributed by atoms with Crippen LogP contribution in [-0.2, 0) is 14.4 Å². The summed E-state index contributed by atoms with van der Waals surface area (Å²) >= 11 is 0. The van der Waals surface area contributed by atoms with Crippen LogP contribution in [0, 0.1) is 0 Å². The molecule has 3 amide bonds. The number of piperidine rings is 2. The number of rotatable bonds is 12. The Morgan fingerprint density at radius 3 is 2.18 bits per heavy atom. The Bertz CT molecular complexity index is 779. The highest BCUT2D eigenvalue weighted by molar-refractivity contribution is 6.01. The molecule has 0 spiro atoms. The average molecular weight is 493 g/mol. The van der Waals surface area contributed by atoms with Crippen molar-refractivity contribution in [1.29, 1.82) is 0 Å². The summed E-state index contributed by atoms with van der Waals surface area (Å²) in [5.41, 5.74) is 7.69. The van der Waals surface area contributed by atoms with E-state index in [1.807, 2.05) is 17.0 Å². The zero-order valence-electron chi connectivity index (χ0n) is 20.2. The lowest BCUT2D eigenvalue weighted by Crippen LogP contribution is -2.47. The molecular formula is C26H41ClN4O3. The van der Waals surface area contributed by atoms with E-state index in [0.29, 0.717) is 31.1 Å². The molecule has 3 rings (SSSR count). The average Bonchev–Trinajstić information content (AvgIpc) is 2.83. The summed E-state index contributed by atoms with van der Waals surface area (Å²) in [6.07, 6.45) is 11.8. The number of hydrogen-bond acceptors (Lipinski definition) is 5. The number of likely N-dealkylation sites (tertiary alicyclic amines) is 1. The van der Waals surface area contributed by atoms with E-state index in [4.69, 9.17) is 5.73 Å². The second-order valence-corrected chi connectivity index (χ2v) is 9.44. The zero-order chi connectivity index (χ0) is 23.5. The van der Waals surface area contributed by atoms with E-state index in [1.54, 1.807) is 0 Å². The van der Waals surface area contributed by atoms with Gasteiger partial charge in [-0.3, -0.25) is 19.7 Å². The highest BCUT2D eigenvalue weighted by atomic mass is 35.5. The van der Waals surface area contributed by atoms with Crippen molar-refractivity contribution in [3.8, 4) is 0 Å². The van der Waals surface area contributed by atoms with Crippen molar-refractivity contribution in [1.82, 2.24) is 10.2 Å². The number of carbonyl (C=O) groups is 3. The molecule has 2 aliphatic rings. The van der Waals surface area contributed by atoms with E-state index in [-0.39, 0.29) is 30.3 Å². The lowest BCUT2D eigenvalue weighted by molar-refractivity contribution is -0.134. The molecule has 4 N–H and O–H groups in total. The summed E-state index contributed by atoms with van der Waals surface area (Å²) in [6.45, 7) is 2.45. The van der Waals surface area contributed by atoms with Crippen LogP contribution >= 0.6 is 12.4 Å². The van der Waals surface area contributed by atoms with Crippen molar-refractivity contribution in [2.45, 2.75) is 89.0 Å². The van der Waals surface area contributed by atoms with E-state index < -0.39 is 0 Å². The molecule has 2 heterocycles. The number of hydrogen-bond donors (Lipinski definition) is 3. The smallest absolute Gasteiger partial charge is 0.249 e. The monoisotopic (exact) mass is 492 g/mol. The van der Waals surface area contributed by atoms with Gasteiger partial charge in [0.05, 0.1) is 0 Å². The molecule has 1 unspecified atom stereocenters. The van der Waals surface area contributed by atoms with E-state index in [1.165, 1.54) is 31.2 Å². The van der Waals surface area contributed by atoms with Crippen LogP contribution in [0.5, 0.6) is 0 Å². The number of unbranched alkanes of at least 4 members (excludes halogenated alkanes) is 6. The summed E-state index contributed by atoms with van der Waals surface area (Å²) in [6, 6.07) is 7.88. The molecule has 190 valence electrons. The van der Waals surface area contributed by atoms with Gasteiger partial charge in [0.25, 0.3) is 0 Å². The number of nitrogens with zero attached hydrogens (tertiary/aromatic N) is 1. The molecule has 0 bridgehead atoms. The number of nitrogens with one attached hydrogen (secondary N) is 2. The molecular weight excluding hydrogens is 452 g/mol. The summed E-state index contributed by atoms with van der Waals surface area (Å²) in [5, 5.41) is 5.60. The third-order valence-electron chi connectivity index (χ3n) is 6.90. The molecule has 0 aliphatic carbocycles. The minimum atomic E-state index is -0.362. The minimum Gasteiger partial charge on any atom is -0.374 e. The second kappa shape index (κ2) is 15.0.